The van der Waals surface area contributed by atoms with Crippen molar-refractivity contribution in [3.8, 4) is 0 Å². The number of alkyl halides is 2. The predicted octanol–water partition coefficient (Wildman–Crippen LogP) is 1.53. The molecule has 78 valence electrons. The van der Waals surface area contributed by atoms with Crippen LogP contribution in [0.1, 0.15) is 12.0 Å². The minimum absolute atomic E-state index is 0.391. The fourth-order valence-corrected chi connectivity index (χ4v) is 2.21. The van der Waals surface area contributed by atoms with Gasteiger partial charge in [0.1, 0.15) is 4.90 Å². The molecule has 1 rings (SSSR count). The van der Waals surface area contributed by atoms with Gasteiger partial charge in [0.05, 0.1) is 17.4 Å². The molecule has 0 saturated carbocycles. The van der Waals surface area contributed by atoms with Crippen LogP contribution in [0, 0.1) is 0 Å². The maximum Gasteiger partial charge on any atom is 0.266 e. The van der Waals surface area contributed by atoms with E-state index >= 15 is 0 Å². The molecule has 0 aliphatic heterocycles. The van der Waals surface area contributed by atoms with Gasteiger partial charge in [-0.1, -0.05) is 0 Å². The van der Waals surface area contributed by atoms with Crippen LogP contribution in [0.4, 0.5) is 14.5 Å². The third-order valence-electron chi connectivity index (χ3n) is 1.43. The van der Waals surface area contributed by atoms with E-state index in [4.69, 9.17) is 16.4 Å². The number of nitrogen functional groups attached to an aromatic ring is 1. The highest BCUT2D eigenvalue weighted by atomic mass is 35.7. The first-order valence-electron chi connectivity index (χ1n) is 3.30. The normalized spacial score (nSPS) is 12.0. The Hall–Kier alpha value is -0.950. The topological polar surface area (TPSA) is 73.0 Å². The van der Waals surface area contributed by atoms with Crippen LogP contribution in [0.5, 0.6) is 0 Å². The number of pyridine rings is 1. The van der Waals surface area contributed by atoms with E-state index in [1.165, 1.54) is 0 Å². The quantitative estimate of drug-likeness (QED) is 0.798. The average molecular weight is 243 g/mol. The maximum atomic E-state index is 12.3. The largest absolute Gasteiger partial charge is 0.396 e. The number of anilines is 1. The number of nitrogens with two attached hydrogens (primary N) is 1. The third kappa shape index (κ3) is 2.10. The van der Waals surface area contributed by atoms with E-state index in [0.29, 0.717) is 0 Å². The lowest BCUT2D eigenvalue weighted by molar-refractivity contribution is 0.147. The molecule has 14 heavy (non-hydrogen) atoms. The molecule has 0 fully saturated rings. The van der Waals surface area contributed by atoms with E-state index in [1.807, 2.05) is 0 Å². The van der Waals surface area contributed by atoms with E-state index < -0.39 is 31.6 Å². The van der Waals surface area contributed by atoms with Crippen LogP contribution in [0.2, 0.25) is 0 Å². The van der Waals surface area contributed by atoms with Crippen molar-refractivity contribution in [2.45, 2.75) is 11.3 Å². The van der Waals surface area contributed by atoms with E-state index in [0.717, 1.165) is 12.4 Å². The monoisotopic (exact) mass is 242 g/mol. The van der Waals surface area contributed by atoms with Crippen LogP contribution in [0.3, 0.4) is 0 Å². The molecule has 1 heterocycles. The minimum atomic E-state index is -4.28. The first-order chi connectivity index (χ1) is 6.34. The number of hydrogen-bond acceptors (Lipinski definition) is 4. The van der Waals surface area contributed by atoms with E-state index in [-0.39, 0.29) is 0 Å². The molecule has 0 unspecified atom stereocenters. The van der Waals surface area contributed by atoms with Gasteiger partial charge in [0.25, 0.3) is 15.5 Å². The highest BCUT2D eigenvalue weighted by Crippen LogP contribution is 2.31. The van der Waals surface area contributed by atoms with Gasteiger partial charge < -0.3 is 5.73 Å². The van der Waals surface area contributed by atoms with Gasteiger partial charge in [-0.3, -0.25) is 4.98 Å². The molecule has 0 aliphatic rings. The second-order valence-electron chi connectivity index (χ2n) is 2.39. The van der Waals surface area contributed by atoms with Gasteiger partial charge in [0, 0.05) is 16.9 Å². The lowest BCUT2D eigenvalue weighted by Gasteiger charge is -2.06. The van der Waals surface area contributed by atoms with Gasteiger partial charge in [-0.2, -0.15) is 0 Å². The van der Waals surface area contributed by atoms with E-state index in [2.05, 4.69) is 4.98 Å². The highest BCUT2D eigenvalue weighted by Gasteiger charge is 2.24. The summed E-state index contributed by atoms with van der Waals surface area (Å²) in [6, 6.07) is 0. The minimum Gasteiger partial charge on any atom is -0.396 e. The summed E-state index contributed by atoms with van der Waals surface area (Å²) in [5.41, 5.74) is 4.00. The Labute approximate surface area is 83.1 Å². The summed E-state index contributed by atoms with van der Waals surface area (Å²) in [7, 11) is 0.662. The Morgan fingerprint density at radius 2 is 2.00 bits per heavy atom. The molecule has 0 spiro atoms. The van der Waals surface area contributed by atoms with Crippen molar-refractivity contribution in [1.29, 1.82) is 0 Å². The summed E-state index contributed by atoms with van der Waals surface area (Å²) in [6.07, 6.45) is -1.33. The Morgan fingerprint density at radius 3 is 2.36 bits per heavy atom. The van der Waals surface area contributed by atoms with Crippen molar-refractivity contribution in [2.75, 3.05) is 5.73 Å². The number of hydrogen-bond donors (Lipinski definition) is 1. The summed E-state index contributed by atoms with van der Waals surface area (Å²) < 4.78 is 46.4. The first-order valence-corrected chi connectivity index (χ1v) is 5.61. The van der Waals surface area contributed by atoms with Gasteiger partial charge in [0.2, 0.25) is 0 Å². The van der Waals surface area contributed by atoms with Gasteiger partial charge in [-0.15, -0.1) is 0 Å². The van der Waals surface area contributed by atoms with Gasteiger partial charge in [-0.05, 0) is 0 Å². The molecule has 1 aromatic heterocycles. The summed E-state index contributed by atoms with van der Waals surface area (Å²) in [5, 5.41) is 0. The van der Waals surface area contributed by atoms with Crippen molar-refractivity contribution in [2.24, 2.45) is 0 Å². The SMILES string of the molecule is Nc1cncc(C(F)F)c1S(=O)(=O)Cl. The Bertz CT molecular complexity index is 449. The summed E-state index contributed by atoms with van der Waals surface area (Å²) in [5.74, 6) is 0. The Balaban J connectivity index is 3.54. The second kappa shape index (κ2) is 3.66. The zero-order valence-corrected chi connectivity index (χ0v) is 8.19. The van der Waals surface area contributed by atoms with Crippen LogP contribution in [-0.4, -0.2) is 13.4 Å². The van der Waals surface area contributed by atoms with Crippen LogP contribution < -0.4 is 5.73 Å². The molecule has 1 aromatic rings. The van der Waals surface area contributed by atoms with Crippen LogP contribution in [0.15, 0.2) is 17.3 Å². The van der Waals surface area contributed by atoms with Gasteiger partial charge in [-0.25, -0.2) is 17.2 Å². The summed E-state index contributed by atoms with van der Waals surface area (Å²) in [4.78, 5) is 2.58. The van der Waals surface area contributed by atoms with E-state index in [1.54, 1.807) is 0 Å². The number of aromatic nitrogens is 1. The van der Waals surface area contributed by atoms with Crippen molar-refractivity contribution < 1.29 is 17.2 Å². The lowest BCUT2D eigenvalue weighted by atomic mass is 10.3. The molecular weight excluding hydrogens is 238 g/mol. The highest BCUT2D eigenvalue weighted by molar-refractivity contribution is 8.13. The molecule has 0 aromatic carbocycles. The molecule has 0 aliphatic carbocycles. The van der Waals surface area contributed by atoms with Crippen molar-refractivity contribution in [3.05, 3.63) is 18.0 Å². The van der Waals surface area contributed by atoms with Crippen molar-refractivity contribution in [1.82, 2.24) is 4.98 Å². The number of rotatable bonds is 2. The Morgan fingerprint density at radius 1 is 1.43 bits per heavy atom. The maximum absolute atomic E-state index is 12.3. The van der Waals surface area contributed by atoms with E-state index in [9.17, 15) is 17.2 Å². The fraction of sp³-hybridized carbons (Fsp3) is 0.167. The third-order valence-corrected chi connectivity index (χ3v) is 2.85. The number of halogens is 3. The lowest BCUT2D eigenvalue weighted by Crippen LogP contribution is -2.04. The standard InChI is InChI=1S/C6H5ClF2N2O2S/c7-14(12,13)5-3(6(8)9)1-11-2-4(5)10/h1-2,6H,10H2. The average Bonchev–Trinajstić information content (AvgIpc) is 2.01. The van der Waals surface area contributed by atoms with Crippen LogP contribution >= 0.6 is 10.7 Å². The van der Waals surface area contributed by atoms with Crippen molar-refractivity contribution >= 4 is 25.4 Å². The second-order valence-corrected chi connectivity index (χ2v) is 4.89. The van der Waals surface area contributed by atoms with Gasteiger partial charge in [0.15, 0.2) is 0 Å². The summed E-state index contributed by atoms with van der Waals surface area (Å²) >= 11 is 0. The molecule has 2 N–H and O–H groups in total. The molecule has 8 heteroatoms. The summed E-state index contributed by atoms with van der Waals surface area (Å²) in [6.45, 7) is 0. The molecular formula is C6H5ClF2N2O2S. The van der Waals surface area contributed by atoms with Crippen LogP contribution in [-0.2, 0) is 9.05 Å². The molecule has 0 atom stereocenters. The van der Waals surface area contributed by atoms with Crippen LogP contribution in [0.25, 0.3) is 0 Å². The molecule has 0 radical (unpaired) electrons. The zero-order valence-electron chi connectivity index (χ0n) is 6.62. The van der Waals surface area contributed by atoms with Crippen molar-refractivity contribution in [3.63, 3.8) is 0 Å². The zero-order chi connectivity index (χ0) is 10.9. The molecule has 0 saturated heterocycles. The number of nitrogens with zero attached hydrogens (tertiary/aromatic N) is 1. The fourth-order valence-electron chi connectivity index (χ4n) is 0.919. The molecule has 0 bridgehead atoms. The predicted molar refractivity (Wildman–Crippen MR) is 46.6 cm³/mol. The first kappa shape index (κ1) is 11.1. The molecule has 4 nitrogen and oxygen atoms in total. The van der Waals surface area contributed by atoms with Gasteiger partial charge >= 0.3 is 0 Å². The molecule has 0 amide bonds. The smallest absolute Gasteiger partial charge is 0.266 e. The Kier molecular flexibility index (Phi) is 2.91.